The zero-order chi connectivity index (χ0) is 23.3. The zero-order valence-corrected chi connectivity index (χ0v) is 17.6. The van der Waals surface area contributed by atoms with Crippen molar-refractivity contribution in [1.82, 2.24) is 9.80 Å². The molecule has 5 rings (SSSR count). The van der Waals surface area contributed by atoms with Crippen molar-refractivity contribution in [2.24, 2.45) is 0 Å². The van der Waals surface area contributed by atoms with Gasteiger partial charge in [-0.05, 0) is 48.7 Å². The minimum Gasteiger partial charge on any atom is -0.342 e. The van der Waals surface area contributed by atoms with Crippen molar-refractivity contribution < 1.29 is 27.5 Å². The van der Waals surface area contributed by atoms with Gasteiger partial charge >= 0.3 is 0 Å². The number of likely N-dealkylation sites (tertiary alicyclic amines) is 1. The Balaban J connectivity index is 1.32. The molecule has 0 aromatic heterocycles. The van der Waals surface area contributed by atoms with Gasteiger partial charge in [0.05, 0.1) is 23.2 Å². The fourth-order valence-electron chi connectivity index (χ4n) is 5.14. The summed E-state index contributed by atoms with van der Waals surface area (Å²) in [5.74, 6) is -2.90. The average Bonchev–Trinajstić information content (AvgIpc) is 3.31. The molecule has 0 radical (unpaired) electrons. The minimum atomic E-state index is -1.11. The standard InChI is InChI=1S/C24H20F3N3O3/c25-16-10-15(11-17(26)12-16)20-3-4-21-30(20)23(32)24(33-21)5-7-29(8-6-24)22(31)18-9-14(13-28)1-2-19(18)27/h1-2,9-12,20-21H,3-8H2. The molecule has 33 heavy (non-hydrogen) atoms. The van der Waals surface area contributed by atoms with Crippen LogP contribution in [-0.2, 0) is 9.53 Å². The van der Waals surface area contributed by atoms with Crippen LogP contribution >= 0.6 is 0 Å². The molecule has 170 valence electrons. The van der Waals surface area contributed by atoms with Crippen molar-refractivity contribution in [3.63, 3.8) is 0 Å². The lowest BCUT2D eigenvalue weighted by Crippen LogP contribution is -2.51. The predicted molar refractivity (Wildman–Crippen MR) is 109 cm³/mol. The summed E-state index contributed by atoms with van der Waals surface area (Å²) in [7, 11) is 0. The Morgan fingerprint density at radius 3 is 2.42 bits per heavy atom. The average molecular weight is 455 g/mol. The highest BCUT2D eigenvalue weighted by Crippen LogP contribution is 2.47. The highest BCUT2D eigenvalue weighted by Gasteiger charge is 2.58. The van der Waals surface area contributed by atoms with Gasteiger partial charge in [0.1, 0.15) is 23.7 Å². The lowest BCUT2D eigenvalue weighted by Gasteiger charge is -2.37. The molecular weight excluding hydrogens is 435 g/mol. The van der Waals surface area contributed by atoms with E-state index in [4.69, 9.17) is 10.00 Å². The first kappa shape index (κ1) is 21.5. The van der Waals surface area contributed by atoms with E-state index in [1.165, 1.54) is 29.2 Å². The van der Waals surface area contributed by atoms with Gasteiger partial charge in [0.2, 0.25) is 0 Å². The lowest BCUT2D eigenvalue weighted by atomic mass is 9.89. The number of ether oxygens (including phenoxy) is 1. The van der Waals surface area contributed by atoms with Gasteiger partial charge in [-0.15, -0.1) is 0 Å². The van der Waals surface area contributed by atoms with Crippen LogP contribution in [0.5, 0.6) is 0 Å². The third-order valence-electron chi connectivity index (χ3n) is 6.77. The van der Waals surface area contributed by atoms with Gasteiger partial charge in [0, 0.05) is 32.0 Å². The quantitative estimate of drug-likeness (QED) is 0.693. The van der Waals surface area contributed by atoms with Crippen molar-refractivity contribution in [2.45, 2.75) is 43.6 Å². The molecule has 1 spiro atoms. The van der Waals surface area contributed by atoms with E-state index in [0.29, 0.717) is 18.4 Å². The van der Waals surface area contributed by atoms with Crippen molar-refractivity contribution in [1.29, 1.82) is 5.26 Å². The molecule has 0 N–H and O–H groups in total. The number of piperidine rings is 1. The van der Waals surface area contributed by atoms with Gasteiger partial charge in [-0.1, -0.05) is 0 Å². The van der Waals surface area contributed by atoms with E-state index in [1.807, 2.05) is 6.07 Å². The van der Waals surface area contributed by atoms with E-state index in [9.17, 15) is 22.8 Å². The number of halogens is 3. The molecule has 0 saturated carbocycles. The number of amides is 2. The molecule has 3 heterocycles. The maximum absolute atomic E-state index is 14.2. The normalized spacial score (nSPS) is 23.6. The van der Waals surface area contributed by atoms with Crippen LogP contribution in [0.4, 0.5) is 13.2 Å². The van der Waals surface area contributed by atoms with Crippen molar-refractivity contribution in [2.75, 3.05) is 13.1 Å². The van der Waals surface area contributed by atoms with Crippen molar-refractivity contribution >= 4 is 11.8 Å². The van der Waals surface area contributed by atoms with Crippen molar-refractivity contribution in [3.05, 3.63) is 70.5 Å². The van der Waals surface area contributed by atoms with Crippen LogP contribution in [0.25, 0.3) is 0 Å². The highest BCUT2D eigenvalue weighted by atomic mass is 19.1. The Kier molecular flexibility index (Phi) is 5.13. The van der Waals surface area contributed by atoms with Crippen LogP contribution in [0.2, 0.25) is 0 Å². The zero-order valence-electron chi connectivity index (χ0n) is 17.6. The molecule has 3 aliphatic heterocycles. The van der Waals surface area contributed by atoms with E-state index < -0.39 is 41.2 Å². The Morgan fingerprint density at radius 1 is 1.06 bits per heavy atom. The van der Waals surface area contributed by atoms with Gasteiger partial charge in [0.25, 0.3) is 11.8 Å². The van der Waals surface area contributed by atoms with Crippen LogP contribution in [0.1, 0.15) is 53.2 Å². The molecule has 2 atom stereocenters. The first-order chi connectivity index (χ1) is 15.8. The molecular formula is C24H20F3N3O3. The first-order valence-corrected chi connectivity index (χ1v) is 10.8. The van der Waals surface area contributed by atoms with Gasteiger partial charge in [-0.25, -0.2) is 13.2 Å². The molecule has 2 aromatic carbocycles. The van der Waals surface area contributed by atoms with E-state index in [1.54, 1.807) is 4.90 Å². The van der Waals surface area contributed by atoms with E-state index in [0.717, 1.165) is 12.1 Å². The van der Waals surface area contributed by atoms with Crippen LogP contribution < -0.4 is 0 Å². The summed E-state index contributed by atoms with van der Waals surface area (Å²) in [6, 6.07) is 8.29. The largest absolute Gasteiger partial charge is 0.342 e. The molecule has 0 aliphatic carbocycles. The topological polar surface area (TPSA) is 73.6 Å². The minimum absolute atomic E-state index is 0.181. The summed E-state index contributed by atoms with van der Waals surface area (Å²) >= 11 is 0. The molecule has 3 aliphatic rings. The summed E-state index contributed by atoms with van der Waals surface area (Å²) < 4.78 is 47.9. The number of carbonyl (C=O) groups excluding carboxylic acids is 2. The molecule has 9 heteroatoms. The number of nitrogens with zero attached hydrogens (tertiary/aromatic N) is 3. The first-order valence-electron chi connectivity index (χ1n) is 10.8. The van der Waals surface area contributed by atoms with E-state index in [-0.39, 0.29) is 43.0 Å². The van der Waals surface area contributed by atoms with E-state index in [2.05, 4.69) is 0 Å². The Hall–Kier alpha value is -3.38. The fraction of sp³-hybridized carbons (Fsp3) is 0.375. The Morgan fingerprint density at radius 2 is 1.76 bits per heavy atom. The SMILES string of the molecule is N#Cc1ccc(F)c(C(=O)N2CCC3(CC2)OC2CCC(c4cc(F)cc(F)c4)N2C3=O)c1. The summed E-state index contributed by atoms with van der Waals surface area (Å²) in [6.45, 7) is 0.362. The summed E-state index contributed by atoms with van der Waals surface area (Å²) in [5.41, 5.74) is -0.719. The van der Waals surface area contributed by atoms with Crippen LogP contribution in [-0.4, -0.2) is 46.5 Å². The molecule has 3 fully saturated rings. The second kappa shape index (κ2) is 7.89. The third-order valence-corrected chi connectivity index (χ3v) is 6.77. The van der Waals surface area contributed by atoms with Gasteiger partial charge in [-0.2, -0.15) is 5.26 Å². The Bertz CT molecular complexity index is 1170. The van der Waals surface area contributed by atoms with Crippen molar-refractivity contribution in [3.8, 4) is 6.07 Å². The molecule has 2 unspecified atom stereocenters. The van der Waals surface area contributed by atoms with E-state index >= 15 is 0 Å². The number of rotatable bonds is 2. The maximum atomic E-state index is 14.2. The van der Waals surface area contributed by atoms with Crippen LogP contribution in [0.3, 0.4) is 0 Å². The number of carbonyl (C=O) groups is 2. The highest BCUT2D eigenvalue weighted by molar-refractivity contribution is 5.95. The summed E-state index contributed by atoms with van der Waals surface area (Å²) in [6.07, 6.45) is 1.06. The second-order valence-corrected chi connectivity index (χ2v) is 8.67. The lowest BCUT2D eigenvalue weighted by molar-refractivity contribution is -0.142. The number of nitriles is 1. The number of hydrogen-bond acceptors (Lipinski definition) is 4. The maximum Gasteiger partial charge on any atom is 0.257 e. The van der Waals surface area contributed by atoms with Gasteiger partial charge in [0.15, 0.2) is 5.60 Å². The Labute approximate surface area is 188 Å². The van der Waals surface area contributed by atoms with Crippen LogP contribution in [0, 0.1) is 28.8 Å². The number of fused-ring (bicyclic) bond motifs is 1. The monoisotopic (exact) mass is 455 g/mol. The molecule has 3 saturated heterocycles. The molecule has 2 aromatic rings. The molecule has 2 amide bonds. The summed E-state index contributed by atoms with van der Waals surface area (Å²) in [4.78, 5) is 29.3. The van der Waals surface area contributed by atoms with Gasteiger partial charge < -0.3 is 14.5 Å². The molecule has 6 nitrogen and oxygen atoms in total. The predicted octanol–water partition coefficient (Wildman–Crippen LogP) is 3.67. The number of benzene rings is 2. The molecule has 0 bridgehead atoms. The second-order valence-electron chi connectivity index (χ2n) is 8.67. The number of hydrogen-bond donors (Lipinski definition) is 0. The third kappa shape index (κ3) is 3.55. The van der Waals surface area contributed by atoms with Crippen LogP contribution in [0.15, 0.2) is 36.4 Å². The smallest absolute Gasteiger partial charge is 0.257 e. The summed E-state index contributed by atoms with van der Waals surface area (Å²) in [5, 5.41) is 9.03. The van der Waals surface area contributed by atoms with Gasteiger partial charge in [-0.3, -0.25) is 9.59 Å². The fourth-order valence-corrected chi connectivity index (χ4v) is 5.14.